The van der Waals surface area contributed by atoms with E-state index in [9.17, 15) is 43.5 Å². The lowest BCUT2D eigenvalue weighted by atomic mass is 9.89. The Labute approximate surface area is 520 Å². The Morgan fingerprint density at radius 3 is 1.43 bits per heavy atom. The predicted molar refractivity (Wildman–Crippen MR) is 334 cm³/mol. The summed E-state index contributed by atoms with van der Waals surface area (Å²) in [7, 11) is 10.9. The second kappa shape index (κ2) is 35.1. The minimum absolute atomic E-state index is 0.00552. The highest BCUT2D eigenvalue weighted by atomic mass is 16.5. The quantitative estimate of drug-likeness (QED) is 0.139. The van der Waals surface area contributed by atoms with Gasteiger partial charge in [-0.3, -0.25) is 52.7 Å². The van der Waals surface area contributed by atoms with Crippen molar-refractivity contribution in [3.63, 3.8) is 0 Å². The summed E-state index contributed by atoms with van der Waals surface area (Å²) in [5.41, 5.74) is -2.20. The Morgan fingerprint density at radius 2 is 0.977 bits per heavy atom. The van der Waals surface area contributed by atoms with Crippen LogP contribution in [0, 0.1) is 41.4 Å². The molecule has 1 rings (SSSR count). The fraction of sp³-hybridized carbons (Fsp3) is 0.794. The molecule has 24 nitrogen and oxygen atoms in total. The first-order chi connectivity index (χ1) is 40.1. The summed E-state index contributed by atoms with van der Waals surface area (Å²) in [6.07, 6.45) is 2.77. The highest BCUT2D eigenvalue weighted by Crippen LogP contribution is 2.32. The van der Waals surface area contributed by atoms with Crippen molar-refractivity contribution in [3.05, 3.63) is 12.2 Å². The van der Waals surface area contributed by atoms with Gasteiger partial charge in [0.15, 0.2) is 0 Å². The highest BCUT2D eigenvalue weighted by Gasteiger charge is 2.54. The molecule has 0 unspecified atom stereocenters. The molecule has 0 radical (unpaired) electrons. The van der Waals surface area contributed by atoms with E-state index in [1.165, 1.54) is 89.9 Å². The van der Waals surface area contributed by atoms with Crippen molar-refractivity contribution in [2.75, 3.05) is 63.0 Å². The van der Waals surface area contributed by atoms with Gasteiger partial charge in [-0.05, 0) is 94.8 Å². The summed E-state index contributed by atoms with van der Waals surface area (Å²) < 4.78 is 6.15. The van der Waals surface area contributed by atoms with Crippen LogP contribution in [0.1, 0.15) is 156 Å². The molecule has 0 saturated carbocycles. The van der Waals surface area contributed by atoms with E-state index in [1.54, 1.807) is 60.6 Å². The molecule has 12 atom stereocenters. The number of aliphatic hydroxyl groups is 1. The van der Waals surface area contributed by atoms with Gasteiger partial charge in [0.05, 0.1) is 12.6 Å². The average molecular weight is 1230 g/mol. The summed E-state index contributed by atoms with van der Waals surface area (Å²) in [5, 5.41) is 23.2. The van der Waals surface area contributed by atoms with Gasteiger partial charge in [-0.15, -0.1) is 0 Å². The van der Waals surface area contributed by atoms with Crippen molar-refractivity contribution >= 4 is 65.0 Å². The smallest absolute Gasteiger partial charge is 0.276 e. The van der Waals surface area contributed by atoms with Gasteiger partial charge in [-0.25, -0.2) is 0 Å². The van der Waals surface area contributed by atoms with E-state index in [1.807, 2.05) is 55.4 Å². The van der Waals surface area contributed by atoms with Gasteiger partial charge in [0.25, 0.3) is 5.91 Å². The van der Waals surface area contributed by atoms with Crippen molar-refractivity contribution in [2.24, 2.45) is 41.4 Å². The number of ether oxygens (including phenoxy) is 1. The van der Waals surface area contributed by atoms with Crippen LogP contribution in [0.25, 0.3) is 0 Å². The average Bonchev–Trinajstić information content (AvgIpc) is 1.16. The van der Waals surface area contributed by atoms with Crippen LogP contribution in [0.2, 0.25) is 0 Å². The number of allylic oxidation sites excluding steroid dienone is 2. The summed E-state index contributed by atoms with van der Waals surface area (Å²) in [6, 6.07) is -11.4. The molecule has 1 aliphatic rings. The molecule has 0 bridgehead atoms. The van der Waals surface area contributed by atoms with Gasteiger partial charge >= 0.3 is 0 Å². The van der Waals surface area contributed by atoms with Crippen LogP contribution in [-0.2, 0) is 57.5 Å². The molecule has 498 valence electrons. The Kier molecular flexibility index (Phi) is 31.8. The van der Waals surface area contributed by atoms with E-state index in [0.29, 0.717) is 0 Å². The maximum Gasteiger partial charge on any atom is 0.276 e. The van der Waals surface area contributed by atoms with Gasteiger partial charge in [0, 0.05) is 62.4 Å². The van der Waals surface area contributed by atoms with Gasteiger partial charge in [-0.1, -0.05) is 109 Å². The van der Waals surface area contributed by atoms with E-state index < -0.39 is 155 Å². The first-order valence-corrected chi connectivity index (χ1v) is 31.1. The van der Waals surface area contributed by atoms with Crippen LogP contribution >= 0.6 is 0 Å². The summed E-state index contributed by atoms with van der Waals surface area (Å²) in [4.78, 5) is 169. The number of amides is 11. The molecule has 0 aromatic carbocycles. The molecule has 0 aromatic rings. The second-order valence-corrected chi connectivity index (χ2v) is 26.4. The standard InChI is InChI=1S/C63H113N11O13/c1-26-28-29-41(15)52(76)51-56(80)66-44(27-2)58(82)68(18)34-49(75)69(19)45(30-35(3)4)55(79)67-50(39(11)12)61(85)70(20)46(31-36(5)6)54(78)64-42(16)53(77)65-43(17)57(81)71(21)47(32-37(7)8)59(83)72(22)48(33-38(9)10)60(84)74(24)63(87-25,40(13)14)62(86)73(51)23/h26,28,35-48,50-52,76H,27,29-34H2,1-25H3,(H,64,78)(H,65,77)(H,66,80)(H,67,79)/b28-26+/t41-,42+,43-,44+,45+,46+,47+,48+,50+,51+,52-,63+/m1/s1. The minimum atomic E-state index is -2.20. The van der Waals surface area contributed by atoms with Crippen molar-refractivity contribution in [1.29, 1.82) is 0 Å². The molecule has 0 aromatic heterocycles. The maximum absolute atomic E-state index is 15.6. The molecular weight excluding hydrogens is 1120 g/mol. The molecular formula is C63H113N11O13. The Morgan fingerprint density at radius 1 is 0.540 bits per heavy atom. The molecule has 0 spiro atoms. The van der Waals surface area contributed by atoms with E-state index in [-0.39, 0.29) is 62.2 Å². The zero-order valence-electron chi connectivity index (χ0n) is 57.4. The van der Waals surface area contributed by atoms with E-state index in [2.05, 4.69) is 21.3 Å². The number of hydrogen-bond donors (Lipinski definition) is 5. The van der Waals surface area contributed by atoms with E-state index >= 15 is 14.4 Å². The van der Waals surface area contributed by atoms with Crippen LogP contribution in [0.4, 0.5) is 0 Å². The van der Waals surface area contributed by atoms with E-state index in [4.69, 9.17) is 4.74 Å². The Hall–Kier alpha value is -6.17. The van der Waals surface area contributed by atoms with Gasteiger partial charge < -0.3 is 65.4 Å². The Balaban J connectivity index is 4.43. The molecule has 1 aliphatic heterocycles. The molecule has 24 heteroatoms. The van der Waals surface area contributed by atoms with Crippen molar-refractivity contribution in [3.8, 4) is 0 Å². The zero-order valence-corrected chi connectivity index (χ0v) is 57.4. The third-order valence-corrected chi connectivity index (χ3v) is 16.6. The number of rotatable bonds is 16. The SMILES string of the molecule is C/C=C/C[C@@H](C)[C@@H](O)[C@H]1C(=O)N[C@@H](CC)C(=O)N(C)CC(=O)N(C)[C@@H](CC(C)C)C(=O)N[C@@H](C(C)C)C(=O)N(C)[C@@H](CC(C)C)C(=O)N[C@@H](C)C(=O)N[C@H](C)C(=O)N(C)[C@@H](CC(C)C)C(=O)N(C)[C@@H](CC(C)C)C(=O)N(C)[C@](OC)(C(C)C)C(=O)N1C. The van der Waals surface area contributed by atoms with Gasteiger partial charge in [0.2, 0.25) is 64.8 Å². The number of aliphatic hydroxyl groups excluding tert-OH is 1. The van der Waals surface area contributed by atoms with Gasteiger partial charge in [0.1, 0.15) is 54.4 Å². The van der Waals surface area contributed by atoms with Crippen LogP contribution in [0.15, 0.2) is 12.2 Å². The molecule has 1 heterocycles. The summed E-state index contributed by atoms with van der Waals surface area (Å²) in [5.74, 6) is -10.6. The minimum Gasteiger partial charge on any atom is -0.390 e. The highest BCUT2D eigenvalue weighted by molar-refractivity contribution is 6.00. The van der Waals surface area contributed by atoms with Crippen molar-refractivity contribution in [1.82, 2.24) is 55.6 Å². The lowest BCUT2D eigenvalue weighted by Gasteiger charge is -2.47. The van der Waals surface area contributed by atoms with E-state index in [0.717, 1.165) is 14.7 Å². The molecule has 1 saturated heterocycles. The van der Waals surface area contributed by atoms with Crippen LogP contribution in [0.5, 0.6) is 0 Å². The molecule has 5 N–H and O–H groups in total. The topological polar surface area (TPSA) is 288 Å². The maximum atomic E-state index is 15.6. The normalized spacial score (nSPS) is 27.4. The molecule has 11 amide bonds. The number of likely N-dealkylation sites (N-methyl/N-ethyl adjacent to an activating group) is 7. The molecule has 0 aliphatic carbocycles. The number of methoxy groups -OCH3 is 1. The number of carbonyl (C=O) groups is 11. The first-order valence-electron chi connectivity index (χ1n) is 31.1. The monoisotopic (exact) mass is 1230 g/mol. The van der Waals surface area contributed by atoms with Crippen molar-refractivity contribution < 1.29 is 62.6 Å². The predicted octanol–water partition coefficient (Wildman–Crippen LogP) is 3.24. The second-order valence-electron chi connectivity index (χ2n) is 26.4. The third kappa shape index (κ3) is 20.7. The van der Waals surface area contributed by atoms with Crippen molar-refractivity contribution in [2.45, 2.75) is 222 Å². The number of hydrogen-bond acceptors (Lipinski definition) is 13. The Bertz CT molecular complexity index is 2400. The first kappa shape index (κ1) is 78.8. The third-order valence-electron chi connectivity index (χ3n) is 16.6. The summed E-state index contributed by atoms with van der Waals surface area (Å²) >= 11 is 0. The number of carbonyl (C=O) groups excluding carboxylic acids is 11. The number of nitrogens with zero attached hydrogens (tertiary/aromatic N) is 7. The fourth-order valence-corrected chi connectivity index (χ4v) is 11.1. The lowest BCUT2D eigenvalue weighted by molar-refractivity contribution is -0.202. The molecule has 87 heavy (non-hydrogen) atoms. The molecule has 1 fully saturated rings. The number of nitrogens with one attached hydrogen (secondary N) is 4. The van der Waals surface area contributed by atoms with Crippen LogP contribution < -0.4 is 21.3 Å². The van der Waals surface area contributed by atoms with Crippen LogP contribution in [-0.4, -0.2) is 234 Å². The summed E-state index contributed by atoms with van der Waals surface area (Å²) in [6.45, 7) is 29.0. The fourth-order valence-electron chi connectivity index (χ4n) is 11.1. The van der Waals surface area contributed by atoms with Crippen LogP contribution in [0.3, 0.4) is 0 Å². The zero-order chi connectivity index (χ0) is 67.6. The lowest BCUT2D eigenvalue weighted by Crippen LogP contribution is -2.69. The van der Waals surface area contributed by atoms with Gasteiger partial charge in [-0.2, -0.15) is 0 Å². The largest absolute Gasteiger partial charge is 0.390 e.